The highest BCUT2D eigenvalue weighted by molar-refractivity contribution is 5.68. The van der Waals surface area contributed by atoms with Gasteiger partial charge in [-0.1, -0.05) is 30.3 Å². The van der Waals surface area contributed by atoms with Crippen LogP contribution in [0.5, 0.6) is 0 Å². The minimum atomic E-state index is -3.05. The summed E-state index contributed by atoms with van der Waals surface area (Å²) < 4.78 is 40.3. The lowest BCUT2D eigenvalue weighted by atomic mass is 9.98. The lowest BCUT2D eigenvalue weighted by molar-refractivity contribution is -0.131. The molecule has 0 aliphatic carbocycles. The Bertz CT molecular complexity index is 762. The molecular formula is C22H31F2N3O4. The van der Waals surface area contributed by atoms with Gasteiger partial charge in [-0.3, -0.25) is 4.90 Å². The molecule has 3 rings (SSSR count). The average molecular weight is 440 g/mol. The molecular weight excluding hydrogens is 408 g/mol. The summed E-state index contributed by atoms with van der Waals surface area (Å²) >= 11 is 0. The van der Waals surface area contributed by atoms with Crippen molar-refractivity contribution in [3.8, 4) is 0 Å². The molecule has 2 heterocycles. The number of likely N-dealkylation sites (tertiary alicyclic amines) is 1. The van der Waals surface area contributed by atoms with E-state index in [9.17, 15) is 18.4 Å². The SMILES string of the molecule is CC(C)(C)OC(=O)N1CC[C@@H](N2CCN(C(=O)OCc3ccccc3)CC2)C(F)(F)C1. The normalized spacial score (nSPS) is 22.2. The van der Waals surface area contributed by atoms with E-state index >= 15 is 0 Å². The zero-order valence-electron chi connectivity index (χ0n) is 18.4. The van der Waals surface area contributed by atoms with Crippen LogP contribution in [0.15, 0.2) is 30.3 Å². The molecule has 172 valence electrons. The molecule has 7 nitrogen and oxygen atoms in total. The largest absolute Gasteiger partial charge is 0.445 e. The molecule has 1 aromatic carbocycles. The number of rotatable bonds is 3. The Kier molecular flexibility index (Phi) is 7.03. The molecule has 2 aliphatic rings. The van der Waals surface area contributed by atoms with Gasteiger partial charge in [0, 0.05) is 32.7 Å². The summed E-state index contributed by atoms with van der Waals surface area (Å²) in [5.41, 5.74) is 0.167. The van der Waals surface area contributed by atoms with Crippen molar-refractivity contribution < 1.29 is 27.8 Å². The third-order valence-corrected chi connectivity index (χ3v) is 5.43. The van der Waals surface area contributed by atoms with Crippen LogP contribution in [-0.4, -0.2) is 83.7 Å². The second-order valence-electron chi connectivity index (χ2n) is 9.03. The summed E-state index contributed by atoms with van der Waals surface area (Å²) in [6.45, 7) is 6.20. The topological polar surface area (TPSA) is 62.3 Å². The van der Waals surface area contributed by atoms with Crippen molar-refractivity contribution in [3.05, 3.63) is 35.9 Å². The van der Waals surface area contributed by atoms with Crippen LogP contribution in [0, 0.1) is 0 Å². The number of alkyl halides is 2. The number of halogens is 2. The molecule has 0 bridgehead atoms. The van der Waals surface area contributed by atoms with Gasteiger partial charge in [0.2, 0.25) is 0 Å². The Balaban J connectivity index is 1.48. The maximum Gasteiger partial charge on any atom is 0.410 e. The zero-order chi connectivity index (χ0) is 22.6. The molecule has 31 heavy (non-hydrogen) atoms. The Hall–Kier alpha value is -2.42. The summed E-state index contributed by atoms with van der Waals surface area (Å²) in [6, 6.07) is 8.41. The number of carbonyl (C=O) groups excluding carboxylic acids is 2. The number of benzene rings is 1. The Morgan fingerprint density at radius 1 is 1.00 bits per heavy atom. The number of nitrogens with zero attached hydrogens (tertiary/aromatic N) is 3. The Morgan fingerprint density at radius 3 is 2.23 bits per heavy atom. The van der Waals surface area contributed by atoms with E-state index in [1.165, 1.54) is 0 Å². The van der Waals surface area contributed by atoms with Crippen LogP contribution in [0.2, 0.25) is 0 Å². The second-order valence-corrected chi connectivity index (χ2v) is 9.03. The molecule has 2 aliphatic heterocycles. The molecule has 2 saturated heterocycles. The number of amides is 2. The van der Waals surface area contributed by atoms with Crippen molar-refractivity contribution in [2.75, 3.05) is 39.3 Å². The fourth-order valence-corrected chi connectivity index (χ4v) is 3.89. The molecule has 0 radical (unpaired) electrons. The zero-order valence-corrected chi connectivity index (χ0v) is 18.4. The lowest BCUT2D eigenvalue weighted by Gasteiger charge is -2.46. The Morgan fingerprint density at radius 2 is 1.65 bits per heavy atom. The van der Waals surface area contributed by atoms with Gasteiger partial charge in [-0.15, -0.1) is 0 Å². The number of hydrogen-bond donors (Lipinski definition) is 0. The number of ether oxygens (including phenoxy) is 2. The average Bonchev–Trinajstić information content (AvgIpc) is 2.71. The van der Waals surface area contributed by atoms with Gasteiger partial charge in [-0.2, -0.15) is 0 Å². The van der Waals surface area contributed by atoms with Gasteiger partial charge < -0.3 is 19.3 Å². The van der Waals surface area contributed by atoms with Crippen LogP contribution in [0.1, 0.15) is 32.8 Å². The van der Waals surface area contributed by atoms with Gasteiger partial charge >= 0.3 is 12.2 Å². The van der Waals surface area contributed by atoms with E-state index in [1.54, 1.807) is 30.6 Å². The van der Waals surface area contributed by atoms with Crippen molar-refractivity contribution in [3.63, 3.8) is 0 Å². The summed E-state index contributed by atoms with van der Waals surface area (Å²) in [6.07, 6.45) is -0.989. The molecule has 0 N–H and O–H groups in total. The van der Waals surface area contributed by atoms with Crippen molar-refractivity contribution in [2.24, 2.45) is 0 Å². The van der Waals surface area contributed by atoms with Crippen LogP contribution < -0.4 is 0 Å². The molecule has 0 spiro atoms. The molecule has 2 fully saturated rings. The van der Waals surface area contributed by atoms with E-state index in [0.717, 1.165) is 10.5 Å². The van der Waals surface area contributed by atoms with E-state index in [4.69, 9.17) is 9.47 Å². The van der Waals surface area contributed by atoms with E-state index in [-0.39, 0.29) is 19.6 Å². The number of piperazine rings is 1. The Labute approximate surface area is 181 Å². The quantitative estimate of drug-likeness (QED) is 0.720. The first-order valence-electron chi connectivity index (χ1n) is 10.6. The van der Waals surface area contributed by atoms with Gasteiger partial charge in [0.1, 0.15) is 12.2 Å². The summed E-state index contributed by atoms with van der Waals surface area (Å²) in [5, 5.41) is 0. The highest BCUT2D eigenvalue weighted by Crippen LogP contribution is 2.32. The van der Waals surface area contributed by atoms with Gasteiger partial charge in [-0.05, 0) is 32.8 Å². The van der Waals surface area contributed by atoms with E-state index in [2.05, 4.69) is 0 Å². The molecule has 1 atom stereocenters. The third kappa shape index (κ3) is 6.29. The predicted octanol–water partition coefficient (Wildman–Crippen LogP) is 3.59. The molecule has 0 saturated carbocycles. The first-order valence-corrected chi connectivity index (χ1v) is 10.6. The highest BCUT2D eigenvalue weighted by Gasteiger charge is 2.49. The first-order chi connectivity index (χ1) is 14.5. The monoisotopic (exact) mass is 439 g/mol. The van der Waals surface area contributed by atoms with E-state index in [1.807, 2.05) is 30.3 Å². The second kappa shape index (κ2) is 9.38. The predicted molar refractivity (Wildman–Crippen MR) is 111 cm³/mol. The van der Waals surface area contributed by atoms with Crippen LogP contribution >= 0.6 is 0 Å². The maximum atomic E-state index is 14.9. The van der Waals surface area contributed by atoms with Crippen LogP contribution in [0.4, 0.5) is 18.4 Å². The fourth-order valence-electron chi connectivity index (χ4n) is 3.89. The van der Waals surface area contributed by atoms with Crippen molar-refractivity contribution in [2.45, 2.75) is 51.4 Å². The van der Waals surface area contributed by atoms with E-state index < -0.39 is 36.3 Å². The van der Waals surface area contributed by atoms with E-state index in [0.29, 0.717) is 26.2 Å². The minimum absolute atomic E-state index is 0.157. The van der Waals surface area contributed by atoms with Gasteiger partial charge in [-0.25, -0.2) is 18.4 Å². The standard InChI is InChI=1S/C22H31F2N3O4/c1-21(2,3)31-20(29)27-10-9-18(22(23,24)16-27)25-11-13-26(14-12-25)19(28)30-15-17-7-5-4-6-8-17/h4-8,18H,9-16H2,1-3H3/t18-/m1/s1. The molecule has 0 aromatic heterocycles. The van der Waals surface area contributed by atoms with Crippen LogP contribution in [0.3, 0.4) is 0 Å². The first kappa shape index (κ1) is 23.2. The van der Waals surface area contributed by atoms with Crippen LogP contribution in [-0.2, 0) is 16.1 Å². The number of carbonyl (C=O) groups is 2. The number of piperidine rings is 1. The molecule has 2 amide bonds. The molecule has 0 unspecified atom stereocenters. The summed E-state index contributed by atoms with van der Waals surface area (Å²) in [4.78, 5) is 28.8. The van der Waals surface area contributed by atoms with Crippen molar-refractivity contribution in [1.82, 2.24) is 14.7 Å². The smallest absolute Gasteiger partial charge is 0.410 e. The summed E-state index contributed by atoms with van der Waals surface area (Å²) in [5.74, 6) is -3.05. The van der Waals surface area contributed by atoms with Gasteiger partial charge in [0.25, 0.3) is 5.92 Å². The lowest BCUT2D eigenvalue weighted by Crippen LogP contribution is -2.63. The van der Waals surface area contributed by atoms with Gasteiger partial charge in [0.05, 0.1) is 12.6 Å². The highest BCUT2D eigenvalue weighted by atomic mass is 19.3. The summed E-state index contributed by atoms with van der Waals surface area (Å²) in [7, 11) is 0. The van der Waals surface area contributed by atoms with Crippen LogP contribution in [0.25, 0.3) is 0 Å². The maximum absolute atomic E-state index is 14.9. The van der Waals surface area contributed by atoms with Crippen molar-refractivity contribution in [1.29, 1.82) is 0 Å². The third-order valence-electron chi connectivity index (χ3n) is 5.43. The minimum Gasteiger partial charge on any atom is -0.445 e. The molecule has 9 heteroatoms. The number of hydrogen-bond acceptors (Lipinski definition) is 5. The fraction of sp³-hybridized carbons (Fsp3) is 0.636. The van der Waals surface area contributed by atoms with Crippen molar-refractivity contribution >= 4 is 12.2 Å². The molecule has 1 aromatic rings. The van der Waals surface area contributed by atoms with Gasteiger partial charge in [0.15, 0.2) is 0 Å².